The first-order valence-corrected chi connectivity index (χ1v) is 4.99. The minimum absolute atomic E-state index is 0.0305. The maximum atomic E-state index is 5.68. The number of nitrogens with one attached hydrogen (secondary N) is 1. The number of halogens is 1. The molecule has 0 aliphatic carbocycles. The standard InChI is InChI=1S/C10H15ClN2O2/c1-7(10(14-2)15-3)13-8-4-5-9(11)12-6-8/h4-7,10,13H,1-3H3. The van der Waals surface area contributed by atoms with Gasteiger partial charge in [-0.15, -0.1) is 0 Å². The second-order valence-corrected chi connectivity index (χ2v) is 3.53. The number of nitrogens with zero attached hydrogens (tertiary/aromatic N) is 1. The molecule has 0 radical (unpaired) electrons. The second-order valence-electron chi connectivity index (χ2n) is 3.14. The van der Waals surface area contributed by atoms with Crippen LogP contribution in [0.2, 0.25) is 5.15 Å². The number of pyridine rings is 1. The highest BCUT2D eigenvalue weighted by molar-refractivity contribution is 6.29. The Labute approximate surface area is 94.6 Å². The van der Waals surface area contributed by atoms with E-state index in [0.717, 1.165) is 5.69 Å². The van der Waals surface area contributed by atoms with Gasteiger partial charge in [0.05, 0.1) is 17.9 Å². The smallest absolute Gasteiger partial charge is 0.176 e. The van der Waals surface area contributed by atoms with Crippen LogP contribution in [0.1, 0.15) is 6.92 Å². The van der Waals surface area contributed by atoms with Crippen molar-refractivity contribution in [1.82, 2.24) is 4.98 Å². The third kappa shape index (κ3) is 3.66. The topological polar surface area (TPSA) is 43.4 Å². The summed E-state index contributed by atoms with van der Waals surface area (Å²) in [7, 11) is 3.21. The molecule has 1 aromatic heterocycles. The number of hydrogen-bond donors (Lipinski definition) is 1. The molecule has 1 unspecified atom stereocenters. The Bertz CT molecular complexity index is 288. The Kier molecular flexibility index (Phi) is 4.81. The van der Waals surface area contributed by atoms with Gasteiger partial charge < -0.3 is 14.8 Å². The molecule has 4 nitrogen and oxygen atoms in total. The third-order valence-electron chi connectivity index (χ3n) is 1.99. The van der Waals surface area contributed by atoms with E-state index in [-0.39, 0.29) is 12.3 Å². The molecule has 0 aliphatic rings. The normalized spacial score (nSPS) is 12.9. The van der Waals surface area contributed by atoms with Gasteiger partial charge in [-0.2, -0.15) is 0 Å². The number of rotatable bonds is 5. The van der Waals surface area contributed by atoms with Gasteiger partial charge in [0.25, 0.3) is 0 Å². The Hall–Kier alpha value is -0.840. The van der Waals surface area contributed by atoms with Crippen LogP contribution < -0.4 is 5.32 Å². The first-order chi connectivity index (χ1) is 7.17. The van der Waals surface area contributed by atoms with Crippen molar-refractivity contribution in [2.24, 2.45) is 0 Å². The molecule has 1 N–H and O–H groups in total. The lowest BCUT2D eigenvalue weighted by molar-refractivity contribution is -0.109. The number of anilines is 1. The van der Waals surface area contributed by atoms with E-state index < -0.39 is 0 Å². The highest BCUT2D eigenvalue weighted by Crippen LogP contribution is 2.12. The summed E-state index contributed by atoms with van der Waals surface area (Å²) in [4.78, 5) is 3.96. The second kappa shape index (κ2) is 5.90. The van der Waals surface area contributed by atoms with Crippen molar-refractivity contribution in [3.63, 3.8) is 0 Å². The summed E-state index contributed by atoms with van der Waals surface area (Å²) in [5, 5.41) is 3.68. The predicted molar refractivity (Wildman–Crippen MR) is 60.1 cm³/mol. The Morgan fingerprint density at radius 3 is 2.47 bits per heavy atom. The molecule has 15 heavy (non-hydrogen) atoms. The third-order valence-corrected chi connectivity index (χ3v) is 2.22. The minimum atomic E-state index is -0.291. The molecule has 0 saturated carbocycles. The van der Waals surface area contributed by atoms with Gasteiger partial charge in [0, 0.05) is 14.2 Å². The Balaban J connectivity index is 2.57. The molecule has 0 saturated heterocycles. The van der Waals surface area contributed by atoms with E-state index in [4.69, 9.17) is 21.1 Å². The molecule has 1 rings (SSSR count). The van der Waals surface area contributed by atoms with Gasteiger partial charge in [-0.1, -0.05) is 11.6 Å². The predicted octanol–water partition coefficient (Wildman–Crippen LogP) is 2.15. The molecule has 0 aromatic carbocycles. The van der Waals surface area contributed by atoms with Crippen molar-refractivity contribution in [2.75, 3.05) is 19.5 Å². The molecule has 84 valence electrons. The van der Waals surface area contributed by atoms with Crippen LogP contribution in [-0.4, -0.2) is 31.5 Å². The van der Waals surface area contributed by atoms with Crippen LogP contribution in [0.25, 0.3) is 0 Å². The SMILES string of the molecule is COC(OC)C(C)Nc1ccc(Cl)nc1. The van der Waals surface area contributed by atoms with Crippen molar-refractivity contribution in [3.05, 3.63) is 23.5 Å². The fourth-order valence-electron chi connectivity index (χ4n) is 1.30. The van der Waals surface area contributed by atoms with E-state index in [9.17, 15) is 0 Å². The molecule has 1 aromatic rings. The van der Waals surface area contributed by atoms with Crippen LogP contribution in [0.5, 0.6) is 0 Å². The van der Waals surface area contributed by atoms with Crippen molar-refractivity contribution in [2.45, 2.75) is 19.3 Å². The summed E-state index contributed by atoms with van der Waals surface area (Å²) < 4.78 is 10.3. The molecule has 1 atom stereocenters. The van der Waals surface area contributed by atoms with E-state index in [1.807, 2.05) is 13.0 Å². The van der Waals surface area contributed by atoms with Gasteiger partial charge in [0.1, 0.15) is 5.15 Å². The van der Waals surface area contributed by atoms with Gasteiger partial charge in [-0.25, -0.2) is 4.98 Å². The monoisotopic (exact) mass is 230 g/mol. The average Bonchev–Trinajstić information content (AvgIpc) is 2.23. The van der Waals surface area contributed by atoms with E-state index in [1.165, 1.54) is 0 Å². The van der Waals surface area contributed by atoms with Crippen LogP contribution >= 0.6 is 11.6 Å². The van der Waals surface area contributed by atoms with Crippen LogP contribution in [0.15, 0.2) is 18.3 Å². The van der Waals surface area contributed by atoms with Gasteiger partial charge in [-0.05, 0) is 19.1 Å². The first kappa shape index (κ1) is 12.2. The van der Waals surface area contributed by atoms with Gasteiger partial charge in [0.15, 0.2) is 6.29 Å². The largest absolute Gasteiger partial charge is 0.376 e. The lowest BCUT2D eigenvalue weighted by Gasteiger charge is -2.22. The number of hydrogen-bond acceptors (Lipinski definition) is 4. The van der Waals surface area contributed by atoms with Crippen molar-refractivity contribution >= 4 is 17.3 Å². The minimum Gasteiger partial charge on any atom is -0.376 e. The summed E-state index contributed by atoms with van der Waals surface area (Å²) in [6, 6.07) is 3.61. The summed E-state index contributed by atoms with van der Waals surface area (Å²) in [6.07, 6.45) is 1.38. The maximum Gasteiger partial charge on any atom is 0.176 e. The zero-order chi connectivity index (χ0) is 11.3. The molecule has 1 heterocycles. The van der Waals surface area contributed by atoms with Gasteiger partial charge in [0.2, 0.25) is 0 Å². The number of ether oxygens (including phenoxy) is 2. The van der Waals surface area contributed by atoms with Crippen LogP contribution in [-0.2, 0) is 9.47 Å². The van der Waals surface area contributed by atoms with Crippen LogP contribution in [0.3, 0.4) is 0 Å². The zero-order valence-corrected chi connectivity index (χ0v) is 9.78. The molecule has 0 spiro atoms. The highest BCUT2D eigenvalue weighted by atomic mass is 35.5. The number of methoxy groups -OCH3 is 2. The number of aromatic nitrogens is 1. The lowest BCUT2D eigenvalue weighted by Crippen LogP contribution is -2.33. The summed E-state index contributed by atoms with van der Waals surface area (Å²) in [5.74, 6) is 0. The Morgan fingerprint density at radius 1 is 1.33 bits per heavy atom. The van der Waals surface area contributed by atoms with Gasteiger partial charge in [-0.3, -0.25) is 0 Å². The van der Waals surface area contributed by atoms with E-state index in [0.29, 0.717) is 5.15 Å². The summed E-state index contributed by atoms with van der Waals surface area (Å²) in [6.45, 7) is 1.96. The van der Waals surface area contributed by atoms with E-state index in [1.54, 1.807) is 26.5 Å². The fraction of sp³-hybridized carbons (Fsp3) is 0.500. The van der Waals surface area contributed by atoms with Crippen molar-refractivity contribution in [1.29, 1.82) is 0 Å². The molecular formula is C10H15ClN2O2. The first-order valence-electron chi connectivity index (χ1n) is 4.61. The molecule has 0 aliphatic heterocycles. The van der Waals surface area contributed by atoms with Gasteiger partial charge >= 0.3 is 0 Å². The van der Waals surface area contributed by atoms with Crippen molar-refractivity contribution in [3.8, 4) is 0 Å². The maximum absolute atomic E-state index is 5.68. The van der Waals surface area contributed by atoms with E-state index >= 15 is 0 Å². The molecule has 0 fully saturated rings. The highest BCUT2D eigenvalue weighted by Gasteiger charge is 2.15. The molecule has 5 heteroatoms. The molecular weight excluding hydrogens is 216 g/mol. The lowest BCUT2D eigenvalue weighted by atomic mass is 10.3. The van der Waals surface area contributed by atoms with Crippen molar-refractivity contribution < 1.29 is 9.47 Å². The quantitative estimate of drug-likeness (QED) is 0.622. The summed E-state index contributed by atoms with van der Waals surface area (Å²) >= 11 is 5.68. The molecule has 0 bridgehead atoms. The van der Waals surface area contributed by atoms with E-state index in [2.05, 4.69) is 10.3 Å². The average molecular weight is 231 g/mol. The van der Waals surface area contributed by atoms with Crippen LogP contribution in [0, 0.1) is 0 Å². The zero-order valence-electron chi connectivity index (χ0n) is 9.03. The Morgan fingerprint density at radius 2 is 2.00 bits per heavy atom. The van der Waals surface area contributed by atoms with Crippen LogP contribution in [0.4, 0.5) is 5.69 Å². The fourth-order valence-corrected chi connectivity index (χ4v) is 1.41. The molecule has 0 amide bonds. The summed E-state index contributed by atoms with van der Waals surface area (Å²) in [5.41, 5.74) is 0.881.